The SMILES string of the molecule is CSC1=C(C#N)[C@H](c2ccccc2Cl)C(C(=O)Nc2ccccc2C)=C(C)N1. The maximum absolute atomic E-state index is 13.3. The number of aryl methyl sites for hydroxylation is 1. The lowest BCUT2D eigenvalue weighted by Gasteiger charge is -2.30. The number of nitriles is 1. The molecule has 0 fully saturated rings. The van der Waals surface area contributed by atoms with Crippen LogP contribution in [0.4, 0.5) is 5.69 Å². The molecule has 3 rings (SSSR count). The van der Waals surface area contributed by atoms with E-state index >= 15 is 0 Å². The van der Waals surface area contributed by atoms with Gasteiger partial charge in [0.05, 0.1) is 22.6 Å². The number of anilines is 1. The number of thioether (sulfide) groups is 1. The Labute approximate surface area is 174 Å². The van der Waals surface area contributed by atoms with Crippen molar-refractivity contribution in [2.24, 2.45) is 0 Å². The second-order valence-corrected chi connectivity index (χ2v) is 7.67. The number of nitrogens with zero attached hydrogens (tertiary/aromatic N) is 1. The van der Waals surface area contributed by atoms with Crippen molar-refractivity contribution in [3.63, 3.8) is 0 Å². The van der Waals surface area contributed by atoms with E-state index in [1.807, 2.05) is 62.6 Å². The minimum Gasteiger partial charge on any atom is -0.353 e. The molecule has 1 atom stereocenters. The first kappa shape index (κ1) is 20.1. The minimum atomic E-state index is -0.536. The molecule has 1 aliphatic rings. The van der Waals surface area contributed by atoms with Gasteiger partial charge in [0.15, 0.2) is 0 Å². The Hall–Kier alpha value is -2.68. The summed E-state index contributed by atoms with van der Waals surface area (Å²) in [6.07, 6.45) is 1.90. The van der Waals surface area contributed by atoms with Crippen molar-refractivity contribution in [1.82, 2.24) is 5.32 Å². The first-order valence-electron chi connectivity index (χ1n) is 8.75. The van der Waals surface area contributed by atoms with Crippen LogP contribution < -0.4 is 10.6 Å². The second-order valence-electron chi connectivity index (χ2n) is 6.45. The molecule has 0 spiro atoms. The van der Waals surface area contributed by atoms with Crippen LogP contribution >= 0.6 is 23.4 Å². The quantitative estimate of drug-likeness (QED) is 0.714. The van der Waals surface area contributed by atoms with Crippen LogP contribution in [0.3, 0.4) is 0 Å². The van der Waals surface area contributed by atoms with Crippen LogP contribution in [-0.2, 0) is 4.79 Å². The normalized spacial score (nSPS) is 16.5. The number of para-hydroxylation sites is 1. The van der Waals surface area contributed by atoms with Crippen LogP contribution in [-0.4, -0.2) is 12.2 Å². The lowest BCUT2D eigenvalue weighted by Crippen LogP contribution is -2.30. The second kappa shape index (κ2) is 8.55. The monoisotopic (exact) mass is 409 g/mol. The number of rotatable bonds is 4. The minimum absolute atomic E-state index is 0.253. The third kappa shape index (κ3) is 3.80. The van der Waals surface area contributed by atoms with Gasteiger partial charge in [0.25, 0.3) is 5.91 Å². The molecule has 1 aliphatic heterocycles. The molecule has 1 heterocycles. The summed E-state index contributed by atoms with van der Waals surface area (Å²) in [6.45, 7) is 3.79. The molecule has 2 N–H and O–H groups in total. The highest BCUT2D eigenvalue weighted by Gasteiger charge is 2.35. The Morgan fingerprint density at radius 3 is 2.50 bits per heavy atom. The number of dihydropyridines is 1. The number of halogens is 1. The molecule has 4 nitrogen and oxygen atoms in total. The van der Waals surface area contributed by atoms with Gasteiger partial charge in [-0.1, -0.05) is 48.0 Å². The van der Waals surface area contributed by atoms with Gasteiger partial charge < -0.3 is 10.6 Å². The number of hydrogen-bond acceptors (Lipinski definition) is 4. The van der Waals surface area contributed by atoms with Crippen molar-refractivity contribution in [3.05, 3.63) is 86.6 Å². The largest absolute Gasteiger partial charge is 0.353 e. The molecule has 0 bridgehead atoms. The summed E-state index contributed by atoms with van der Waals surface area (Å²) in [5.41, 5.74) is 4.13. The summed E-state index contributed by atoms with van der Waals surface area (Å²) in [4.78, 5) is 13.3. The molecular weight excluding hydrogens is 390 g/mol. The van der Waals surface area contributed by atoms with Crippen LogP contribution in [0.15, 0.2) is 70.4 Å². The van der Waals surface area contributed by atoms with Crippen LogP contribution in [0.2, 0.25) is 5.02 Å². The zero-order chi connectivity index (χ0) is 20.3. The van der Waals surface area contributed by atoms with Gasteiger partial charge in [-0.15, -0.1) is 11.8 Å². The first-order valence-corrected chi connectivity index (χ1v) is 10.4. The van der Waals surface area contributed by atoms with Gasteiger partial charge in [0, 0.05) is 22.0 Å². The van der Waals surface area contributed by atoms with Crippen molar-refractivity contribution < 1.29 is 4.79 Å². The van der Waals surface area contributed by atoms with E-state index in [-0.39, 0.29) is 5.91 Å². The smallest absolute Gasteiger partial charge is 0.254 e. The molecule has 0 radical (unpaired) electrons. The number of benzene rings is 2. The molecule has 28 heavy (non-hydrogen) atoms. The summed E-state index contributed by atoms with van der Waals surface area (Å²) in [5, 5.41) is 17.3. The highest BCUT2D eigenvalue weighted by atomic mass is 35.5. The van der Waals surface area contributed by atoms with Crippen LogP contribution in [0.1, 0.15) is 24.0 Å². The molecule has 0 unspecified atom stereocenters. The molecule has 0 aliphatic carbocycles. The molecule has 0 saturated heterocycles. The fraction of sp³-hybridized carbons (Fsp3) is 0.182. The average molecular weight is 410 g/mol. The lowest BCUT2D eigenvalue weighted by molar-refractivity contribution is -0.113. The Kier molecular flexibility index (Phi) is 6.13. The summed E-state index contributed by atoms with van der Waals surface area (Å²) < 4.78 is 0. The Morgan fingerprint density at radius 2 is 1.86 bits per heavy atom. The average Bonchev–Trinajstić information content (AvgIpc) is 2.69. The number of allylic oxidation sites excluding steroid dienone is 2. The van der Waals surface area contributed by atoms with Gasteiger partial charge in [-0.25, -0.2) is 0 Å². The molecule has 142 valence electrons. The Morgan fingerprint density at radius 1 is 1.18 bits per heavy atom. The van der Waals surface area contributed by atoms with E-state index in [0.717, 1.165) is 21.8 Å². The first-order chi connectivity index (χ1) is 13.5. The number of carbonyl (C=O) groups excluding carboxylic acids is 1. The number of amides is 1. The van der Waals surface area contributed by atoms with E-state index in [2.05, 4.69) is 16.7 Å². The van der Waals surface area contributed by atoms with E-state index in [1.54, 1.807) is 6.07 Å². The number of hydrogen-bond donors (Lipinski definition) is 2. The van der Waals surface area contributed by atoms with E-state index in [0.29, 0.717) is 21.9 Å². The predicted molar refractivity (Wildman–Crippen MR) is 116 cm³/mol. The van der Waals surface area contributed by atoms with E-state index in [9.17, 15) is 10.1 Å². The van der Waals surface area contributed by atoms with Crippen molar-refractivity contribution >= 4 is 35.0 Å². The molecular formula is C22H20ClN3OS. The summed E-state index contributed by atoms with van der Waals surface area (Å²) in [5.74, 6) is -0.788. The fourth-order valence-electron chi connectivity index (χ4n) is 3.30. The van der Waals surface area contributed by atoms with E-state index in [1.165, 1.54) is 11.8 Å². The molecule has 2 aromatic rings. The lowest BCUT2D eigenvalue weighted by atomic mass is 9.82. The van der Waals surface area contributed by atoms with E-state index < -0.39 is 5.92 Å². The maximum atomic E-state index is 13.3. The molecule has 0 aromatic heterocycles. The van der Waals surface area contributed by atoms with Crippen LogP contribution in [0.5, 0.6) is 0 Å². The predicted octanol–water partition coefficient (Wildman–Crippen LogP) is 5.35. The number of nitrogens with one attached hydrogen (secondary N) is 2. The number of carbonyl (C=O) groups is 1. The molecule has 0 saturated carbocycles. The summed E-state index contributed by atoms with van der Waals surface area (Å²) >= 11 is 7.90. The van der Waals surface area contributed by atoms with Gasteiger partial charge in [-0.2, -0.15) is 5.26 Å². The highest BCUT2D eigenvalue weighted by Crippen LogP contribution is 2.42. The summed E-state index contributed by atoms with van der Waals surface area (Å²) in [7, 11) is 0. The van der Waals surface area contributed by atoms with Gasteiger partial charge >= 0.3 is 0 Å². The van der Waals surface area contributed by atoms with Gasteiger partial charge in [0.2, 0.25) is 0 Å². The van der Waals surface area contributed by atoms with Gasteiger partial charge in [-0.3, -0.25) is 4.79 Å². The highest BCUT2D eigenvalue weighted by molar-refractivity contribution is 8.02. The zero-order valence-corrected chi connectivity index (χ0v) is 17.4. The fourth-order valence-corrected chi connectivity index (χ4v) is 4.18. The third-order valence-corrected chi connectivity index (χ3v) is 5.78. The van der Waals surface area contributed by atoms with Gasteiger partial charge in [0.1, 0.15) is 0 Å². The van der Waals surface area contributed by atoms with E-state index in [4.69, 9.17) is 11.6 Å². The third-order valence-electron chi connectivity index (χ3n) is 4.71. The standard InChI is InChI=1S/C22H20ClN3OS/c1-13-8-4-7-11-18(13)26-21(27)19-14(2)25-22(28-3)16(12-24)20(19)15-9-5-6-10-17(15)23/h4-11,20,25H,1-3H3,(H,26,27)/t20-/m0/s1. The molecule has 2 aromatic carbocycles. The van der Waals surface area contributed by atoms with Crippen LogP contribution in [0.25, 0.3) is 0 Å². The van der Waals surface area contributed by atoms with Crippen LogP contribution in [0, 0.1) is 18.3 Å². The Bertz CT molecular complexity index is 1040. The topological polar surface area (TPSA) is 64.9 Å². The maximum Gasteiger partial charge on any atom is 0.254 e. The zero-order valence-electron chi connectivity index (χ0n) is 15.8. The molecule has 1 amide bonds. The van der Waals surface area contributed by atoms with Crippen molar-refractivity contribution in [3.8, 4) is 6.07 Å². The molecule has 6 heteroatoms. The Balaban J connectivity index is 2.12. The van der Waals surface area contributed by atoms with Crippen molar-refractivity contribution in [1.29, 1.82) is 5.26 Å². The summed E-state index contributed by atoms with van der Waals surface area (Å²) in [6, 6.07) is 17.2. The van der Waals surface area contributed by atoms with Crippen molar-refractivity contribution in [2.45, 2.75) is 19.8 Å². The van der Waals surface area contributed by atoms with Gasteiger partial charge in [-0.05, 0) is 43.4 Å². The van der Waals surface area contributed by atoms with Crippen molar-refractivity contribution in [2.75, 3.05) is 11.6 Å².